The Bertz CT molecular complexity index is 1340. The molecule has 0 atom stereocenters. The van der Waals surface area contributed by atoms with Crippen LogP contribution in [0.2, 0.25) is 5.02 Å². The summed E-state index contributed by atoms with van der Waals surface area (Å²) in [6.45, 7) is 0. The fourth-order valence-corrected chi connectivity index (χ4v) is 4.37. The number of benzene rings is 3. The molecular weight excluding hydrogens is 488 g/mol. The fourth-order valence-electron chi connectivity index (χ4n) is 3.43. The number of aromatic nitrogens is 3. The predicted octanol–water partition coefficient (Wildman–Crippen LogP) is 5.34. The van der Waals surface area contributed by atoms with E-state index in [9.17, 15) is 4.79 Å². The van der Waals surface area contributed by atoms with E-state index in [2.05, 4.69) is 15.5 Å². The molecule has 10 heteroatoms. The molecule has 0 fully saturated rings. The number of rotatable bonds is 9. The van der Waals surface area contributed by atoms with Crippen LogP contribution in [0.4, 0.5) is 5.69 Å². The van der Waals surface area contributed by atoms with Gasteiger partial charge in [-0.05, 0) is 42.5 Å². The van der Waals surface area contributed by atoms with Gasteiger partial charge in [0.2, 0.25) is 5.91 Å². The summed E-state index contributed by atoms with van der Waals surface area (Å²) in [4.78, 5) is 12.8. The van der Waals surface area contributed by atoms with Crippen molar-refractivity contribution in [1.29, 1.82) is 0 Å². The predicted molar refractivity (Wildman–Crippen MR) is 137 cm³/mol. The lowest BCUT2D eigenvalue weighted by Gasteiger charge is -2.13. The Kier molecular flexibility index (Phi) is 7.79. The molecule has 0 radical (unpaired) electrons. The third kappa shape index (κ3) is 5.52. The number of halogens is 1. The number of para-hydroxylation sites is 1. The molecule has 1 amide bonds. The Morgan fingerprint density at radius 1 is 0.943 bits per heavy atom. The minimum absolute atomic E-state index is 0.0970. The summed E-state index contributed by atoms with van der Waals surface area (Å²) < 4.78 is 18.0. The Hall–Kier alpha value is -3.69. The molecule has 0 aliphatic rings. The van der Waals surface area contributed by atoms with Gasteiger partial charge in [0.25, 0.3) is 0 Å². The van der Waals surface area contributed by atoms with E-state index in [0.717, 1.165) is 11.3 Å². The first kappa shape index (κ1) is 24.4. The molecule has 0 aliphatic heterocycles. The van der Waals surface area contributed by atoms with Crippen molar-refractivity contribution in [2.24, 2.45) is 0 Å². The molecule has 4 rings (SSSR count). The summed E-state index contributed by atoms with van der Waals surface area (Å²) in [5.41, 5.74) is 2.08. The Morgan fingerprint density at radius 2 is 1.74 bits per heavy atom. The Balaban J connectivity index is 1.62. The minimum atomic E-state index is -0.224. The van der Waals surface area contributed by atoms with Crippen LogP contribution >= 0.6 is 23.4 Å². The van der Waals surface area contributed by atoms with Crippen LogP contribution < -0.4 is 19.5 Å². The third-order valence-corrected chi connectivity index (χ3v) is 6.23. The molecule has 8 nitrogen and oxygen atoms in total. The molecule has 0 saturated carbocycles. The van der Waals surface area contributed by atoms with E-state index >= 15 is 0 Å². The largest absolute Gasteiger partial charge is 0.497 e. The van der Waals surface area contributed by atoms with E-state index in [1.165, 1.54) is 18.9 Å². The second-order valence-electron chi connectivity index (χ2n) is 7.22. The summed E-state index contributed by atoms with van der Waals surface area (Å²) in [6, 6.07) is 20.1. The third-order valence-electron chi connectivity index (χ3n) is 5.06. The van der Waals surface area contributed by atoms with Crippen LogP contribution in [-0.2, 0) is 4.79 Å². The van der Waals surface area contributed by atoms with Crippen LogP contribution in [0.5, 0.6) is 17.2 Å². The first-order chi connectivity index (χ1) is 17.0. The summed E-state index contributed by atoms with van der Waals surface area (Å²) in [5.74, 6) is 2.24. The van der Waals surface area contributed by atoms with Crippen LogP contribution in [0.25, 0.3) is 17.1 Å². The number of nitrogens with one attached hydrogen (secondary N) is 1. The van der Waals surface area contributed by atoms with E-state index in [4.69, 9.17) is 25.8 Å². The van der Waals surface area contributed by atoms with Gasteiger partial charge in [0, 0.05) is 11.1 Å². The fraction of sp³-hybridized carbons (Fsp3) is 0.160. The minimum Gasteiger partial charge on any atom is -0.497 e. The molecule has 3 aromatic carbocycles. The molecule has 1 heterocycles. The van der Waals surface area contributed by atoms with Gasteiger partial charge in [0.05, 0.1) is 44.0 Å². The van der Waals surface area contributed by atoms with Gasteiger partial charge >= 0.3 is 0 Å². The number of hydrogen-bond acceptors (Lipinski definition) is 7. The number of methoxy groups -OCH3 is 3. The van der Waals surface area contributed by atoms with Gasteiger partial charge in [-0.15, -0.1) is 10.2 Å². The van der Waals surface area contributed by atoms with Gasteiger partial charge in [0.1, 0.15) is 17.2 Å². The van der Waals surface area contributed by atoms with Crippen molar-refractivity contribution in [3.8, 4) is 34.3 Å². The lowest BCUT2D eigenvalue weighted by Crippen LogP contribution is -2.15. The summed E-state index contributed by atoms with van der Waals surface area (Å²) in [5, 5.41) is 12.8. The number of carbonyl (C=O) groups is 1. The van der Waals surface area contributed by atoms with Crippen LogP contribution in [0.15, 0.2) is 71.9 Å². The molecular formula is C25H23ClN4O4S. The summed E-state index contributed by atoms with van der Waals surface area (Å²) >= 11 is 7.52. The van der Waals surface area contributed by atoms with Gasteiger partial charge in [-0.2, -0.15) is 0 Å². The molecule has 0 bridgehead atoms. The number of nitrogens with zero attached hydrogens (tertiary/aromatic N) is 3. The van der Waals surface area contributed by atoms with Crippen molar-refractivity contribution in [2.75, 3.05) is 32.4 Å². The van der Waals surface area contributed by atoms with E-state index < -0.39 is 0 Å². The second-order valence-corrected chi connectivity index (χ2v) is 8.60. The summed E-state index contributed by atoms with van der Waals surface area (Å²) in [6.07, 6.45) is 0. The quantitative estimate of drug-likeness (QED) is 0.304. The number of carbonyl (C=O) groups excluding carboxylic acids is 1. The number of anilines is 1. The van der Waals surface area contributed by atoms with Crippen molar-refractivity contribution in [2.45, 2.75) is 5.16 Å². The van der Waals surface area contributed by atoms with Crippen molar-refractivity contribution in [1.82, 2.24) is 14.8 Å². The van der Waals surface area contributed by atoms with Crippen molar-refractivity contribution >= 4 is 35.0 Å². The van der Waals surface area contributed by atoms with E-state index in [1.807, 2.05) is 47.0 Å². The van der Waals surface area contributed by atoms with Gasteiger partial charge < -0.3 is 19.5 Å². The molecule has 4 aromatic rings. The number of hydrogen-bond donors (Lipinski definition) is 1. The van der Waals surface area contributed by atoms with Gasteiger partial charge in [-0.1, -0.05) is 41.6 Å². The van der Waals surface area contributed by atoms with E-state index in [1.54, 1.807) is 38.5 Å². The highest BCUT2D eigenvalue weighted by molar-refractivity contribution is 7.99. The molecule has 1 aromatic heterocycles. The van der Waals surface area contributed by atoms with Crippen molar-refractivity contribution < 1.29 is 19.0 Å². The molecule has 0 saturated heterocycles. The highest BCUT2D eigenvalue weighted by Gasteiger charge is 2.20. The molecule has 180 valence electrons. The lowest BCUT2D eigenvalue weighted by atomic mass is 10.2. The first-order valence-electron chi connectivity index (χ1n) is 10.5. The topological polar surface area (TPSA) is 87.5 Å². The second kappa shape index (κ2) is 11.2. The van der Waals surface area contributed by atoms with E-state index in [0.29, 0.717) is 38.9 Å². The standard InChI is InChI=1S/C25H23ClN4O4S/c1-32-18-11-12-20(22(14-18)34-3)27-23(31)15-35-25-29-28-24(19-9-4-5-10-21(19)33-2)30(25)17-8-6-7-16(26)13-17/h4-14H,15H2,1-3H3,(H,27,31). The zero-order valence-corrected chi connectivity index (χ0v) is 20.9. The zero-order valence-electron chi connectivity index (χ0n) is 19.3. The zero-order chi connectivity index (χ0) is 24.8. The maximum absolute atomic E-state index is 12.8. The average Bonchev–Trinajstić information content (AvgIpc) is 3.31. The molecule has 35 heavy (non-hydrogen) atoms. The van der Waals surface area contributed by atoms with Crippen LogP contribution in [0, 0.1) is 0 Å². The van der Waals surface area contributed by atoms with Gasteiger partial charge in [-0.25, -0.2) is 0 Å². The molecule has 0 unspecified atom stereocenters. The Morgan fingerprint density at radius 3 is 2.49 bits per heavy atom. The number of amides is 1. The number of thioether (sulfide) groups is 1. The molecule has 0 spiro atoms. The smallest absolute Gasteiger partial charge is 0.234 e. The van der Waals surface area contributed by atoms with Crippen LogP contribution in [-0.4, -0.2) is 47.8 Å². The highest BCUT2D eigenvalue weighted by atomic mass is 35.5. The maximum Gasteiger partial charge on any atom is 0.234 e. The monoisotopic (exact) mass is 510 g/mol. The van der Waals surface area contributed by atoms with Gasteiger partial charge in [0.15, 0.2) is 11.0 Å². The van der Waals surface area contributed by atoms with Crippen LogP contribution in [0.3, 0.4) is 0 Å². The maximum atomic E-state index is 12.8. The summed E-state index contributed by atoms with van der Waals surface area (Å²) in [7, 11) is 4.71. The van der Waals surface area contributed by atoms with E-state index in [-0.39, 0.29) is 11.7 Å². The van der Waals surface area contributed by atoms with Crippen molar-refractivity contribution in [3.63, 3.8) is 0 Å². The van der Waals surface area contributed by atoms with Crippen molar-refractivity contribution in [3.05, 3.63) is 71.8 Å². The molecule has 0 aliphatic carbocycles. The first-order valence-corrected chi connectivity index (χ1v) is 11.9. The normalized spacial score (nSPS) is 10.6. The molecule has 1 N–H and O–H groups in total. The van der Waals surface area contributed by atoms with Gasteiger partial charge in [-0.3, -0.25) is 9.36 Å². The lowest BCUT2D eigenvalue weighted by molar-refractivity contribution is -0.113. The number of ether oxygens (including phenoxy) is 3. The van der Waals surface area contributed by atoms with Crippen LogP contribution in [0.1, 0.15) is 0 Å². The Labute approximate surface area is 212 Å². The highest BCUT2D eigenvalue weighted by Crippen LogP contribution is 2.34. The SMILES string of the molecule is COc1ccc(NC(=O)CSc2nnc(-c3ccccc3OC)n2-c2cccc(Cl)c2)c(OC)c1. The average molecular weight is 511 g/mol.